The van der Waals surface area contributed by atoms with E-state index in [2.05, 4.69) is 6.07 Å². The Labute approximate surface area is 125 Å². The van der Waals surface area contributed by atoms with E-state index < -0.39 is 6.10 Å². The van der Waals surface area contributed by atoms with Crippen LogP contribution in [0, 0.1) is 0 Å². The third-order valence-electron chi connectivity index (χ3n) is 4.03. The molecule has 0 spiro atoms. The van der Waals surface area contributed by atoms with Gasteiger partial charge in [-0.2, -0.15) is 0 Å². The molecule has 1 fully saturated rings. The first kappa shape index (κ1) is 14.0. The highest BCUT2D eigenvalue weighted by molar-refractivity contribution is 5.47. The molecule has 1 unspecified atom stereocenters. The summed E-state index contributed by atoms with van der Waals surface area (Å²) in [5, 5.41) is 10.7. The molecule has 0 aliphatic heterocycles. The first-order chi connectivity index (χ1) is 10.2. The fourth-order valence-corrected chi connectivity index (χ4v) is 2.73. The molecular formula is C18H20O3. The van der Waals surface area contributed by atoms with Crippen LogP contribution in [0.3, 0.4) is 0 Å². The quantitative estimate of drug-likeness (QED) is 0.910. The molecule has 3 heteroatoms. The first-order valence-corrected chi connectivity index (χ1v) is 7.23. The number of benzene rings is 2. The van der Waals surface area contributed by atoms with Crippen LogP contribution < -0.4 is 9.47 Å². The van der Waals surface area contributed by atoms with Gasteiger partial charge in [-0.3, -0.25) is 0 Å². The maximum Gasteiger partial charge on any atom is 0.161 e. The number of aliphatic hydroxyl groups excluding tert-OH is 1. The molecule has 2 aromatic carbocycles. The van der Waals surface area contributed by atoms with Gasteiger partial charge in [0.1, 0.15) is 6.10 Å². The van der Waals surface area contributed by atoms with Gasteiger partial charge < -0.3 is 14.6 Å². The van der Waals surface area contributed by atoms with Crippen molar-refractivity contribution in [3.8, 4) is 11.5 Å². The molecule has 110 valence electrons. The average molecular weight is 284 g/mol. The van der Waals surface area contributed by atoms with Crippen LogP contribution in [0.2, 0.25) is 0 Å². The van der Waals surface area contributed by atoms with Crippen molar-refractivity contribution in [1.82, 2.24) is 0 Å². The van der Waals surface area contributed by atoms with Crippen molar-refractivity contribution in [3.63, 3.8) is 0 Å². The zero-order chi connectivity index (χ0) is 14.8. The van der Waals surface area contributed by atoms with E-state index in [1.54, 1.807) is 14.2 Å². The molecule has 0 bridgehead atoms. The van der Waals surface area contributed by atoms with Gasteiger partial charge in [-0.1, -0.05) is 30.3 Å². The molecule has 0 saturated heterocycles. The van der Waals surface area contributed by atoms with Gasteiger partial charge in [0, 0.05) is 0 Å². The van der Waals surface area contributed by atoms with E-state index in [0.717, 1.165) is 11.1 Å². The lowest BCUT2D eigenvalue weighted by molar-refractivity contribution is 0.218. The second kappa shape index (κ2) is 5.78. The Hall–Kier alpha value is -2.00. The lowest BCUT2D eigenvalue weighted by Crippen LogP contribution is -2.04. The Morgan fingerprint density at radius 3 is 2.38 bits per heavy atom. The van der Waals surface area contributed by atoms with E-state index in [1.165, 1.54) is 18.4 Å². The number of rotatable bonds is 5. The highest BCUT2D eigenvalue weighted by Gasteiger charge is 2.28. The zero-order valence-corrected chi connectivity index (χ0v) is 12.4. The Kier molecular flexibility index (Phi) is 3.84. The van der Waals surface area contributed by atoms with Crippen molar-refractivity contribution < 1.29 is 14.6 Å². The minimum Gasteiger partial charge on any atom is -0.493 e. The zero-order valence-electron chi connectivity index (χ0n) is 12.4. The lowest BCUT2D eigenvalue weighted by Gasteiger charge is -2.17. The van der Waals surface area contributed by atoms with Gasteiger partial charge in [0.25, 0.3) is 0 Å². The van der Waals surface area contributed by atoms with E-state index in [-0.39, 0.29) is 0 Å². The smallest absolute Gasteiger partial charge is 0.161 e. The standard InChI is InChI=1S/C18H20O3/c1-20-16-10-9-13(11-17(16)21-2)18(19)15-6-4-3-5-14(15)12-7-8-12/h3-6,9-12,18-19H,7-8H2,1-2H3. The number of aliphatic hydroxyl groups is 1. The lowest BCUT2D eigenvalue weighted by atomic mass is 9.94. The normalized spacial score (nSPS) is 15.6. The highest BCUT2D eigenvalue weighted by atomic mass is 16.5. The summed E-state index contributed by atoms with van der Waals surface area (Å²) < 4.78 is 10.6. The maximum absolute atomic E-state index is 10.7. The average Bonchev–Trinajstić information content (AvgIpc) is 3.38. The van der Waals surface area contributed by atoms with Gasteiger partial charge in [0.05, 0.1) is 14.2 Å². The van der Waals surface area contributed by atoms with Crippen molar-refractivity contribution in [2.24, 2.45) is 0 Å². The van der Waals surface area contributed by atoms with Crippen LogP contribution in [0.4, 0.5) is 0 Å². The molecule has 1 saturated carbocycles. The molecule has 3 nitrogen and oxygen atoms in total. The molecule has 1 N–H and O–H groups in total. The molecule has 0 aromatic heterocycles. The minimum atomic E-state index is -0.637. The fraction of sp³-hybridized carbons (Fsp3) is 0.333. The molecule has 3 rings (SSSR count). The molecular weight excluding hydrogens is 264 g/mol. The molecule has 1 atom stereocenters. The summed E-state index contributed by atoms with van der Waals surface area (Å²) in [6.07, 6.45) is 1.80. The summed E-state index contributed by atoms with van der Waals surface area (Å²) in [6.45, 7) is 0. The number of methoxy groups -OCH3 is 2. The van der Waals surface area contributed by atoms with Gasteiger partial charge >= 0.3 is 0 Å². The summed E-state index contributed by atoms with van der Waals surface area (Å²) in [4.78, 5) is 0. The van der Waals surface area contributed by atoms with E-state index in [1.807, 2.05) is 36.4 Å². The van der Waals surface area contributed by atoms with Crippen molar-refractivity contribution in [2.45, 2.75) is 24.9 Å². The Morgan fingerprint density at radius 2 is 1.71 bits per heavy atom. The predicted octanol–water partition coefficient (Wildman–Crippen LogP) is 3.66. The van der Waals surface area contributed by atoms with Crippen LogP contribution in [-0.2, 0) is 0 Å². The summed E-state index contributed by atoms with van der Waals surface area (Å²) in [6, 6.07) is 13.7. The second-order valence-electron chi connectivity index (χ2n) is 5.42. The van der Waals surface area contributed by atoms with Crippen LogP contribution in [-0.4, -0.2) is 19.3 Å². The number of hydrogen-bond acceptors (Lipinski definition) is 3. The highest BCUT2D eigenvalue weighted by Crippen LogP contribution is 2.44. The molecule has 1 aliphatic carbocycles. The summed E-state index contributed by atoms with van der Waals surface area (Å²) in [5.41, 5.74) is 3.08. The minimum absolute atomic E-state index is 0.607. The number of hydrogen-bond donors (Lipinski definition) is 1. The van der Waals surface area contributed by atoms with Crippen molar-refractivity contribution in [1.29, 1.82) is 0 Å². The van der Waals surface area contributed by atoms with Crippen LogP contribution in [0.5, 0.6) is 11.5 Å². The van der Waals surface area contributed by atoms with Crippen LogP contribution in [0.25, 0.3) is 0 Å². The van der Waals surface area contributed by atoms with Gasteiger partial charge in [-0.05, 0) is 47.6 Å². The van der Waals surface area contributed by atoms with Gasteiger partial charge in [0.2, 0.25) is 0 Å². The molecule has 0 radical (unpaired) electrons. The summed E-state index contributed by atoms with van der Waals surface area (Å²) in [7, 11) is 3.21. The van der Waals surface area contributed by atoms with Crippen molar-refractivity contribution in [2.75, 3.05) is 14.2 Å². The summed E-state index contributed by atoms with van der Waals surface area (Å²) in [5.74, 6) is 1.91. The maximum atomic E-state index is 10.7. The molecule has 0 heterocycles. The third kappa shape index (κ3) is 2.74. The van der Waals surface area contributed by atoms with Crippen LogP contribution >= 0.6 is 0 Å². The Bertz CT molecular complexity index is 632. The van der Waals surface area contributed by atoms with E-state index in [9.17, 15) is 5.11 Å². The third-order valence-corrected chi connectivity index (χ3v) is 4.03. The summed E-state index contributed by atoms with van der Waals surface area (Å²) >= 11 is 0. The topological polar surface area (TPSA) is 38.7 Å². The van der Waals surface area contributed by atoms with E-state index >= 15 is 0 Å². The molecule has 0 amide bonds. The largest absolute Gasteiger partial charge is 0.493 e. The monoisotopic (exact) mass is 284 g/mol. The van der Waals surface area contributed by atoms with Crippen LogP contribution in [0.1, 0.15) is 41.6 Å². The number of ether oxygens (including phenoxy) is 2. The van der Waals surface area contributed by atoms with Crippen LogP contribution in [0.15, 0.2) is 42.5 Å². The predicted molar refractivity (Wildman–Crippen MR) is 82.0 cm³/mol. The molecule has 21 heavy (non-hydrogen) atoms. The molecule has 2 aromatic rings. The first-order valence-electron chi connectivity index (χ1n) is 7.23. The van der Waals surface area contributed by atoms with Gasteiger partial charge in [-0.25, -0.2) is 0 Å². The molecule has 1 aliphatic rings. The van der Waals surface area contributed by atoms with Crippen molar-refractivity contribution in [3.05, 3.63) is 59.2 Å². The fourth-order valence-electron chi connectivity index (χ4n) is 2.73. The van der Waals surface area contributed by atoms with Gasteiger partial charge in [-0.15, -0.1) is 0 Å². The Balaban J connectivity index is 1.97. The second-order valence-corrected chi connectivity index (χ2v) is 5.42. The van der Waals surface area contributed by atoms with E-state index in [0.29, 0.717) is 17.4 Å². The van der Waals surface area contributed by atoms with Gasteiger partial charge in [0.15, 0.2) is 11.5 Å². The van der Waals surface area contributed by atoms with E-state index in [4.69, 9.17) is 9.47 Å². The van der Waals surface area contributed by atoms with Crippen molar-refractivity contribution >= 4 is 0 Å². The SMILES string of the molecule is COc1ccc(C(O)c2ccccc2C2CC2)cc1OC. The Morgan fingerprint density at radius 1 is 1.00 bits per heavy atom.